The van der Waals surface area contributed by atoms with E-state index in [1.54, 1.807) is 13.2 Å². The second kappa shape index (κ2) is 10.1. The molecule has 0 aromatic carbocycles. The molecular formula is C21H35N3O3. The fourth-order valence-electron chi connectivity index (χ4n) is 4.64. The Morgan fingerprint density at radius 3 is 2.96 bits per heavy atom. The summed E-state index contributed by atoms with van der Waals surface area (Å²) >= 11 is 0. The number of rotatable bonds is 9. The van der Waals surface area contributed by atoms with Gasteiger partial charge in [-0.2, -0.15) is 0 Å². The standard InChI is InChI=1S/C21H35N3O3/c1-3-4-12-24(21(25)11-10-18-15-20(26-2)22-27-18)16-17-8-7-14-23-13-6-5-9-19(17)23/h15,17,19H,3-14,16H2,1-2H3/t17-,19-/m0/s1. The van der Waals surface area contributed by atoms with Crippen molar-refractivity contribution in [3.05, 3.63) is 11.8 Å². The van der Waals surface area contributed by atoms with Crippen molar-refractivity contribution in [2.24, 2.45) is 5.92 Å². The Kier molecular flexibility index (Phi) is 7.56. The lowest BCUT2D eigenvalue weighted by molar-refractivity contribution is -0.132. The van der Waals surface area contributed by atoms with E-state index >= 15 is 0 Å². The second-order valence-electron chi connectivity index (χ2n) is 8.03. The molecule has 0 N–H and O–H groups in total. The Morgan fingerprint density at radius 1 is 1.33 bits per heavy atom. The SMILES string of the molecule is CCCCN(C[C@@H]1CCCN2CCCC[C@@H]12)C(=O)CCc1cc(OC)no1. The van der Waals surface area contributed by atoms with Crippen LogP contribution in [0.15, 0.2) is 10.6 Å². The van der Waals surface area contributed by atoms with Crippen LogP contribution in [0.2, 0.25) is 0 Å². The molecule has 0 bridgehead atoms. The summed E-state index contributed by atoms with van der Waals surface area (Å²) in [7, 11) is 1.57. The molecule has 6 nitrogen and oxygen atoms in total. The highest BCUT2D eigenvalue weighted by atomic mass is 16.5. The van der Waals surface area contributed by atoms with Crippen molar-refractivity contribution in [2.75, 3.05) is 33.3 Å². The van der Waals surface area contributed by atoms with E-state index < -0.39 is 0 Å². The minimum Gasteiger partial charge on any atom is -0.479 e. The third-order valence-corrected chi connectivity index (χ3v) is 6.15. The number of amides is 1. The molecule has 2 saturated heterocycles. The van der Waals surface area contributed by atoms with Gasteiger partial charge in [0.05, 0.1) is 7.11 Å². The fourth-order valence-corrected chi connectivity index (χ4v) is 4.64. The van der Waals surface area contributed by atoms with Gasteiger partial charge in [-0.05, 0) is 56.3 Å². The highest BCUT2D eigenvalue weighted by molar-refractivity contribution is 5.76. The van der Waals surface area contributed by atoms with Gasteiger partial charge in [-0.15, -0.1) is 0 Å². The molecular weight excluding hydrogens is 342 g/mol. The summed E-state index contributed by atoms with van der Waals surface area (Å²) in [6.07, 6.45) is 9.76. The average Bonchev–Trinajstić information content (AvgIpc) is 3.17. The van der Waals surface area contributed by atoms with Crippen LogP contribution in [0.1, 0.15) is 64.1 Å². The van der Waals surface area contributed by atoms with Crippen molar-refractivity contribution in [1.29, 1.82) is 0 Å². The van der Waals surface area contributed by atoms with E-state index in [-0.39, 0.29) is 5.91 Å². The number of hydrogen-bond donors (Lipinski definition) is 0. The van der Waals surface area contributed by atoms with Crippen molar-refractivity contribution in [2.45, 2.75) is 70.8 Å². The summed E-state index contributed by atoms with van der Waals surface area (Å²) in [4.78, 5) is 17.8. The lowest BCUT2D eigenvalue weighted by Crippen LogP contribution is -2.51. The van der Waals surface area contributed by atoms with Gasteiger partial charge in [-0.1, -0.05) is 19.8 Å². The zero-order valence-electron chi connectivity index (χ0n) is 17.0. The molecule has 1 aromatic rings. The van der Waals surface area contributed by atoms with E-state index in [1.807, 2.05) is 0 Å². The summed E-state index contributed by atoms with van der Waals surface area (Å²) < 4.78 is 10.3. The first-order valence-electron chi connectivity index (χ1n) is 10.7. The maximum absolute atomic E-state index is 13.0. The van der Waals surface area contributed by atoms with Crippen LogP contribution in [0, 0.1) is 5.92 Å². The maximum Gasteiger partial charge on any atom is 0.254 e. The van der Waals surface area contributed by atoms with Crippen LogP contribution >= 0.6 is 0 Å². The average molecular weight is 378 g/mol. The minimum absolute atomic E-state index is 0.242. The topological polar surface area (TPSA) is 58.8 Å². The van der Waals surface area contributed by atoms with Crippen LogP contribution in [0.3, 0.4) is 0 Å². The predicted molar refractivity (Wildman–Crippen MR) is 105 cm³/mol. The number of hydrogen-bond acceptors (Lipinski definition) is 5. The van der Waals surface area contributed by atoms with Gasteiger partial charge in [-0.25, -0.2) is 0 Å². The Labute approximate surface area is 163 Å². The van der Waals surface area contributed by atoms with Gasteiger partial charge in [0.15, 0.2) is 0 Å². The Bertz CT molecular complexity index is 587. The molecule has 0 aliphatic carbocycles. The first-order chi connectivity index (χ1) is 13.2. The first kappa shape index (κ1) is 20.2. The van der Waals surface area contributed by atoms with Crippen molar-refractivity contribution in [3.63, 3.8) is 0 Å². The number of aromatic nitrogens is 1. The monoisotopic (exact) mass is 377 g/mol. The zero-order valence-corrected chi connectivity index (χ0v) is 17.0. The van der Waals surface area contributed by atoms with Crippen molar-refractivity contribution < 1.29 is 14.1 Å². The molecule has 0 spiro atoms. The number of carbonyl (C=O) groups is 1. The van der Waals surface area contributed by atoms with Gasteiger partial charge < -0.3 is 19.1 Å². The zero-order chi connectivity index (χ0) is 19.1. The van der Waals surface area contributed by atoms with Gasteiger partial charge in [0.1, 0.15) is 5.76 Å². The number of ether oxygens (including phenoxy) is 1. The number of carbonyl (C=O) groups excluding carboxylic acids is 1. The molecule has 2 atom stereocenters. The molecule has 0 unspecified atom stereocenters. The molecule has 152 valence electrons. The van der Waals surface area contributed by atoms with Crippen LogP contribution in [0.5, 0.6) is 5.88 Å². The molecule has 2 fully saturated rings. The van der Waals surface area contributed by atoms with Crippen LogP contribution in [0.25, 0.3) is 0 Å². The summed E-state index contributed by atoms with van der Waals surface area (Å²) in [5, 5.41) is 3.82. The van der Waals surface area contributed by atoms with Gasteiger partial charge in [0, 0.05) is 38.0 Å². The van der Waals surface area contributed by atoms with Gasteiger partial charge >= 0.3 is 0 Å². The number of nitrogens with zero attached hydrogens (tertiary/aromatic N) is 3. The fraction of sp³-hybridized carbons (Fsp3) is 0.810. The van der Waals surface area contributed by atoms with Crippen LogP contribution in [-0.2, 0) is 11.2 Å². The molecule has 1 aromatic heterocycles. The molecule has 0 radical (unpaired) electrons. The highest BCUT2D eigenvalue weighted by Gasteiger charge is 2.34. The van der Waals surface area contributed by atoms with E-state index in [9.17, 15) is 4.79 Å². The number of piperidine rings is 2. The summed E-state index contributed by atoms with van der Waals surface area (Å²) in [5.74, 6) is 2.06. The lowest BCUT2D eigenvalue weighted by Gasteiger charge is -2.45. The van der Waals surface area contributed by atoms with Gasteiger partial charge in [0.25, 0.3) is 5.88 Å². The van der Waals surface area contributed by atoms with Crippen LogP contribution in [0.4, 0.5) is 0 Å². The second-order valence-corrected chi connectivity index (χ2v) is 8.03. The number of unbranched alkanes of at least 4 members (excludes halogenated alkanes) is 1. The number of methoxy groups -OCH3 is 1. The number of aryl methyl sites for hydroxylation is 1. The molecule has 2 aliphatic rings. The number of fused-ring (bicyclic) bond motifs is 1. The van der Waals surface area contributed by atoms with Gasteiger partial charge in [-0.3, -0.25) is 4.79 Å². The van der Waals surface area contributed by atoms with Crippen LogP contribution in [-0.4, -0.2) is 60.2 Å². The first-order valence-corrected chi connectivity index (χ1v) is 10.7. The smallest absolute Gasteiger partial charge is 0.254 e. The predicted octanol–water partition coefficient (Wildman–Crippen LogP) is 3.51. The molecule has 1 amide bonds. The van der Waals surface area contributed by atoms with E-state index in [1.165, 1.54) is 45.2 Å². The summed E-state index contributed by atoms with van der Waals surface area (Å²) in [5.41, 5.74) is 0. The molecule has 6 heteroatoms. The highest BCUT2D eigenvalue weighted by Crippen LogP contribution is 2.31. The molecule has 3 rings (SSSR count). The summed E-state index contributed by atoms with van der Waals surface area (Å²) in [6.45, 7) is 6.47. The Morgan fingerprint density at radius 2 is 2.19 bits per heavy atom. The minimum atomic E-state index is 0.242. The van der Waals surface area contributed by atoms with E-state index in [2.05, 4.69) is 21.9 Å². The normalized spacial score (nSPS) is 23.0. The molecule has 2 aliphatic heterocycles. The van der Waals surface area contributed by atoms with Crippen molar-refractivity contribution in [1.82, 2.24) is 15.0 Å². The Hall–Kier alpha value is -1.56. The van der Waals surface area contributed by atoms with Crippen molar-refractivity contribution >= 4 is 5.91 Å². The summed E-state index contributed by atoms with van der Waals surface area (Å²) in [6, 6.07) is 2.45. The quantitative estimate of drug-likeness (QED) is 0.659. The van der Waals surface area contributed by atoms with Crippen molar-refractivity contribution in [3.8, 4) is 5.88 Å². The largest absolute Gasteiger partial charge is 0.479 e. The third kappa shape index (κ3) is 5.47. The lowest BCUT2D eigenvalue weighted by atomic mass is 9.83. The Balaban J connectivity index is 1.57. The third-order valence-electron chi connectivity index (χ3n) is 6.15. The molecule has 27 heavy (non-hydrogen) atoms. The molecule has 0 saturated carbocycles. The van der Waals surface area contributed by atoms with Gasteiger partial charge in [0.2, 0.25) is 5.91 Å². The van der Waals surface area contributed by atoms with E-state index in [4.69, 9.17) is 9.26 Å². The van der Waals surface area contributed by atoms with E-state index in [0.29, 0.717) is 36.4 Å². The van der Waals surface area contributed by atoms with E-state index in [0.717, 1.165) is 25.9 Å². The van der Waals surface area contributed by atoms with Crippen LogP contribution < -0.4 is 4.74 Å². The molecule has 3 heterocycles. The maximum atomic E-state index is 13.0.